The summed E-state index contributed by atoms with van der Waals surface area (Å²) in [5, 5.41) is 3.36. The van der Waals surface area contributed by atoms with Crippen molar-refractivity contribution < 1.29 is 9.53 Å². The van der Waals surface area contributed by atoms with E-state index >= 15 is 0 Å². The minimum Gasteiger partial charge on any atom is -0.497 e. The Morgan fingerprint density at radius 2 is 1.67 bits per heavy atom. The van der Waals surface area contributed by atoms with Gasteiger partial charge in [0.25, 0.3) is 0 Å². The summed E-state index contributed by atoms with van der Waals surface area (Å²) in [7, 11) is 1.65. The maximum atomic E-state index is 13.6. The zero-order valence-corrected chi connectivity index (χ0v) is 16.8. The molecule has 0 amide bonds. The number of allylic oxidation sites excluding steroid dienone is 2. The van der Waals surface area contributed by atoms with Crippen LogP contribution in [0.3, 0.4) is 0 Å². The van der Waals surface area contributed by atoms with Crippen molar-refractivity contribution in [1.29, 1.82) is 0 Å². The second-order valence-corrected chi connectivity index (χ2v) is 7.33. The number of nitrogens with zero attached hydrogens (tertiary/aromatic N) is 2. The monoisotopic (exact) mass is 395 g/mol. The van der Waals surface area contributed by atoms with E-state index in [1.54, 1.807) is 7.11 Å². The van der Waals surface area contributed by atoms with Crippen LogP contribution >= 0.6 is 0 Å². The molecule has 30 heavy (non-hydrogen) atoms. The van der Waals surface area contributed by atoms with Crippen molar-refractivity contribution in [3.8, 4) is 5.75 Å². The molecule has 1 aliphatic heterocycles. The van der Waals surface area contributed by atoms with Gasteiger partial charge in [-0.05, 0) is 36.8 Å². The van der Waals surface area contributed by atoms with E-state index in [1.165, 1.54) is 0 Å². The molecule has 0 bridgehead atoms. The maximum Gasteiger partial charge on any atom is 0.209 e. The van der Waals surface area contributed by atoms with E-state index in [2.05, 4.69) is 9.88 Å². The van der Waals surface area contributed by atoms with Gasteiger partial charge in [0, 0.05) is 16.8 Å². The van der Waals surface area contributed by atoms with Crippen LogP contribution in [-0.2, 0) is 0 Å². The molecule has 1 aliphatic rings. The number of ether oxygens (including phenoxy) is 1. The first-order valence-corrected chi connectivity index (χ1v) is 9.86. The van der Waals surface area contributed by atoms with Gasteiger partial charge >= 0.3 is 0 Å². The Bertz CT molecular complexity index is 1270. The zero-order chi connectivity index (χ0) is 20.7. The van der Waals surface area contributed by atoms with Gasteiger partial charge in [0.1, 0.15) is 5.75 Å². The molecule has 1 N–H and O–H groups in total. The molecule has 148 valence electrons. The molecule has 3 aromatic carbocycles. The van der Waals surface area contributed by atoms with Crippen LogP contribution in [0, 0.1) is 0 Å². The average Bonchev–Trinajstić information content (AvgIpc) is 3.16. The average molecular weight is 395 g/mol. The van der Waals surface area contributed by atoms with Crippen molar-refractivity contribution in [3.05, 3.63) is 101 Å². The first-order valence-electron chi connectivity index (χ1n) is 9.86. The molecule has 0 saturated carbocycles. The van der Waals surface area contributed by atoms with Crippen LogP contribution in [0.25, 0.3) is 11.0 Å². The number of fused-ring (bicyclic) bond motifs is 3. The van der Waals surface area contributed by atoms with Crippen LogP contribution in [0.5, 0.6) is 5.75 Å². The van der Waals surface area contributed by atoms with E-state index in [0.717, 1.165) is 34.0 Å². The largest absolute Gasteiger partial charge is 0.497 e. The quantitative estimate of drug-likeness (QED) is 0.482. The predicted molar refractivity (Wildman–Crippen MR) is 118 cm³/mol. The third kappa shape index (κ3) is 2.87. The van der Waals surface area contributed by atoms with Crippen molar-refractivity contribution in [3.63, 3.8) is 0 Å². The number of para-hydroxylation sites is 2. The highest BCUT2D eigenvalue weighted by Gasteiger charge is 2.34. The van der Waals surface area contributed by atoms with Gasteiger partial charge in [-0.15, -0.1) is 0 Å². The van der Waals surface area contributed by atoms with Crippen molar-refractivity contribution in [2.45, 2.75) is 13.0 Å². The Balaban J connectivity index is 1.74. The molecule has 2 heterocycles. The van der Waals surface area contributed by atoms with Crippen molar-refractivity contribution in [2.24, 2.45) is 0 Å². The van der Waals surface area contributed by atoms with E-state index in [-0.39, 0.29) is 11.8 Å². The van der Waals surface area contributed by atoms with E-state index in [9.17, 15) is 4.79 Å². The molecule has 5 nitrogen and oxygen atoms in total. The molecule has 5 rings (SSSR count). The highest BCUT2D eigenvalue weighted by Crippen LogP contribution is 2.40. The minimum absolute atomic E-state index is 0.00449. The third-order valence-corrected chi connectivity index (χ3v) is 5.54. The topological polar surface area (TPSA) is 56.1 Å². The van der Waals surface area contributed by atoms with Gasteiger partial charge < -0.3 is 10.1 Å². The Labute approximate surface area is 174 Å². The number of hydrogen-bond acceptors (Lipinski definition) is 4. The Kier molecular flexibility index (Phi) is 4.36. The van der Waals surface area contributed by atoms with Gasteiger partial charge in [0.15, 0.2) is 5.78 Å². The molecular formula is C25H21N3O2. The lowest BCUT2D eigenvalue weighted by atomic mass is 9.89. The number of anilines is 1. The van der Waals surface area contributed by atoms with Gasteiger partial charge in [-0.2, -0.15) is 0 Å². The summed E-state index contributed by atoms with van der Waals surface area (Å²) in [6.07, 6.45) is 0. The first-order chi connectivity index (χ1) is 14.7. The minimum atomic E-state index is -0.299. The summed E-state index contributed by atoms with van der Waals surface area (Å²) in [5.74, 6) is 1.52. The lowest BCUT2D eigenvalue weighted by molar-refractivity contribution is 0.102. The molecule has 0 aliphatic carbocycles. The number of Topliss-reactive ketones (excluding diaryl/α,β-unsaturated/α-hetero) is 1. The summed E-state index contributed by atoms with van der Waals surface area (Å²) in [6, 6.07) is 25.0. The maximum absolute atomic E-state index is 13.6. The van der Waals surface area contributed by atoms with Gasteiger partial charge in [0.2, 0.25) is 5.95 Å². The molecule has 5 heteroatoms. The number of hydrogen-bond donors (Lipinski definition) is 1. The van der Waals surface area contributed by atoms with Crippen LogP contribution in [0.2, 0.25) is 0 Å². The number of imidazole rings is 1. The van der Waals surface area contributed by atoms with Gasteiger partial charge in [-0.25, -0.2) is 4.98 Å². The van der Waals surface area contributed by atoms with E-state index in [0.29, 0.717) is 11.1 Å². The normalized spacial score (nSPS) is 15.6. The molecular weight excluding hydrogens is 374 g/mol. The Morgan fingerprint density at radius 3 is 2.40 bits per heavy atom. The molecule has 4 aromatic rings. The van der Waals surface area contributed by atoms with E-state index in [1.807, 2.05) is 85.8 Å². The predicted octanol–water partition coefficient (Wildman–Crippen LogP) is 5.22. The van der Waals surface area contributed by atoms with Crippen LogP contribution in [0.4, 0.5) is 5.95 Å². The summed E-state index contributed by atoms with van der Waals surface area (Å²) in [5.41, 5.74) is 5.06. The van der Waals surface area contributed by atoms with E-state index in [4.69, 9.17) is 9.72 Å². The second kappa shape index (κ2) is 7.19. The number of nitrogens with one attached hydrogen (secondary N) is 1. The fourth-order valence-corrected chi connectivity index (χ4v) is 4.10. The lowest BCUT2D eigenvalue weighted by Gasteiger charge is -2.31. The molecule has 1 aromatic heterocycles. The highest BCUT2D eigenvalue weighted by molar-refractivity contribution is 6.11. The van der Waals surface area contributed by atoms with E-state index < -0.39 is 0 Å². The third-order valence-electron chi connectivity index (χ3n) is 5.54. The summed E-state index contributed by atoms with van der Waals surface area (Å²) < 4.78 is 7.45. The summed E-state index contributed by atoms with van der Waals surface area (Å²) >= 11 is 0. The zero-order valence-electron chi connectivity index (χ0n) is 16.8. The number of carbonyl (C=O) groups is 1. The summed E-state index contributed by atoms with van der Waals surface area (Å²) in [4.78, 5) is 18.4. The molecule has 0 fully saturated rings. The number of aromatic nitrogens is 2. The van der Waals surface area contributed by atoms with Crippen molar-refractivity contribution in [1.82, 2.24) is 9.55 Å². The van der Waals surface area contributed by atoms with Gasteiger partial charge in [-0.3, -0.25) is 9.36 Å². The molecule has 0 radical (unpaired) electrons. The standard InChI is InChI=1S/C25H21N3O2/c1-16-22(24(29)18-8-4-3-5-9-18)23(17-12-14-19(30-2)15-13-17)28-21-11-7-6-10-20(21)27-25(28)26-16/h3-15,23H,1-2H3,(H,26,27)/t23-/m1/s1. The molecule has 0 spiro atoms. The Morgan fingerprint density at radius 1 is 0.967 bits per heavy atom. The number of benzene rings is 3. The number of rotatable bonds is 4. The number of ketones is 1. The number of carbonyl (C=O) groups excluding carboxylic acids is 1. The molecule has 0 saturated heterocycles. The van der Waals surface area contributed by atoms with Crippen LogP contribution in [0.1, 0.15) is 28.9 Å². The van der Waals surface area contributed by atoms with Crippen molar-refractivity contribution in [2.75, 3.05) is 12.4 Å². The molecule has 0 unspecified atom stereocenters. The van der Waals surface area contributed by atoms with Crippen LogP contribution in [-0.4, -0.2) is 22.4 Å². The van der Waals surface area contributed by atoms with Gasteiger partial charge in [0.05, 0.1) is 24.2 Å². The fraction of sp³-hybridized carbons (Fsp3) is 0.120. The smallest absolute Gasteiger partial charge is 0.209 e. The first kappa shape index (κ1) is 18.2. The molecule has 1 atom stereocenters. The SMILES string of the molecule is COc1ccc([C@@H]2C(C(=O)c3ccccc3)=C(C)Nc3nc4ccccc4n32)cc1. The van der Waals surface area contributed by atoms with Crippen molar-refractivity contribution >= 4 is 22.8 Å². The fourth-order valence-electron chi connectivity index (χ4n) is 4.10. The Hall–Kier alpha value is -3.86. The number of methoxy groups -OCH3 is 1. The second-order valence-electron chi connectivity index (χ2n) is 7.33. The van der Waals surface area contributed by atoms with Crippen LogP contribution in [0.15, 0.2) is 90.1 Å². The summed E-state index contributed by atoms with van der Waals surface area (Å²) in [6.45, 7) is 1.94. The lowest BCUT2D eigenvalue weighted by Crippen LogP contribution is -2.28. The van der Waals surface area contributed by atoms with Crippen LogP contribution < -0.4 is 10.1 Å². The van der Waals surface area contributed by atoms with Gasteiger partial charge in [-0.1, -0.05) is 54.6 Å². The highest BCUT2D eigenvalue weighted by atomic mass is 16.5.